The number of likely N-dealkylation sites (tertiary alicyclic amines) is 1. The Balaban J connectivity index is 1.56. The number of carbonyl (C=O) groups is 1. The van der Waals surface area contributed by atoms with Gasteiger partial charge in [0.1, 0.15) is 5.69 Å². The highest BCUT2D eigenvalue weighted by Gasteiger charge is 2.34. The highest BCUT2D eigenvalue weighted by Crippen LogP contribution is 2.34. The van der Waals surface area contributed by atoms with Crippen molar-refractivity contribution in [2.75, 3.05) is 52.3 Å². The van der Waals surface area contributed by atoms with Gasteiger partial charge in [-0.3, -0.25) is 9.59 Å². The van der Waals surface area contributed by atoms with Crippen LogP contribution in [0.5, 0.6) is 5.88 Å². The summed E-state index contributed by atoms with van der Waals surface area (Å²) in [4.78, 5) is 38.8. The molecule has 2 aliphatic rings. The third-order valence-corrected chi connectivity index (χ3v) is 6.27. The first-order valence-corrected chi connectivity index (χ1v) is 11.5. The van der Waals surface area contributed by atoms with Crippen LogP contribution in [0.3, 0.4) is 0 Å². The van der Waals surface area contributed by atoms with Gasteiger partial charge in [-0.1, -0.05) is 6.08 Å². The number of aromatic amines is 1. The normalized spacial score (nSPS) is 18.3. The Morgan fingerprint density at radius 2 is 2.09 bits per heavy atom. The van der Waals surface area contributed by atoms with E-state index >= 15 is 0 Å². The molecule has 2 fully saturated rings. The predicted octanol–water partition coefficient (Wildman–Crippen LogP) is 2.38. The predicted molar refractivity (Wildman–Crippen MR) is 130 cm³/mol. The van der Waals surface area contributed by atoms with Gasteiger partial charge in [0.2, 0.25) is 11.8 Å². The molecule has 2 aromatic heterocycles. The molecule has 1 saturated carbocycles. The lowest BCUT2D eigenvalue weighted by atomic mass is 10.1. The van der Waals surface area contributed by atoms with E-state index in [1.54, 1.807) is 25.6 Å². The Hall–Kier alpha value is -3.13. The topological polar surface area (TPSA) is 81.8 Å². The fraction of sp³-hybridized carbons (Fsp3) is 0.480. The molecule has 1 saturated heterocycles. The zero-order valence-corrected chi connectivity index (χ0v) is 19.7. The maximum atomic E-state index is 12.9. The Morgan fingerprint density at radius 1 is 1.27 bits per heavy atom. The largest absolute Gasteiger partial charge is 0.481 e. The van der Waals surface area contributed by atoms with Crippen LogP contribution in [-0.4, -0.2) is 79.1 Å². The van der Waals surface area contributed by atoms with Gasteiger partial charge in [0.05, 0.1) is 7.11 Å². The van der Waals surface area contributed by atoms with E-state index < -0.39 is 0 Å². The molecular formula is C25H33N5O3. The van der Waals surface area contributed by atoms with Crippen LogP contribution < -0.4 is 15.2 Å². The SMILES string of the molecule is COc1cc(-c2c[nH]c(=O)c(N(CC3CC3)[C@@H]3CCN(C(=O)/C=C/CN(C)C)C3)c2)ccn1. The van der Waals surface area contributed by atoms with Crippen molar-refractivity contribution in [1.29, 1.82) is 0 Å². The summed E-state index contributed by atoms with van der Waals surface area (Å²) in [5, 5.41) is 0. The second-order valence-electron chi connectivity index (χ2n) is 9.18. The number of nitrogens with zero attached hydrogens (tertiary/aromatic N) is 4. The van der Waals surface area contributed by atoms with E-state index in [1.165, 1.54) is 12.8 Å². The monoisotopic (exact) mass is 451 g/mol. The van der Waals surface area contributed by atoms with Gasteiger partial charge in [-0.2, -0.15) is 0 Å². The molecule has 0 aromatic carbocycles. The van der Waals surface area contributed by atoms with E-state index in [0.29, 0.717) is 30.6 Å². The summed E-state index contributed by atoms with van der Waals surface area (Å²) in [7, 11) is 5.54. The number of pyridine rings is 2. The van der Waals surface area contributed by atoms with Crippen molar-refractivity contribution >= 4 is 11.6 Å². The van der Waals surface area contributed by atoms with E-state index in [2.05, 4.69) is 14.9 Å². The van der Waals surface area contributed by atoms with Gasteiger partial charge in [0.15, 0.2) is 0 Å². The Bertz CT molecular complexity index is 1060. The van der Waals surface area contributed by atoms with Crippen molar-refractivity contribution in [1.82, 2.24) is 19.8 Å². The van der Waals surface area contributed by atoms with Crippen LogP contribution in [0.4, 0.5) is 5.69 Å². The molecule has 0 radical (unpaired) electrons. The molecule has 0 unspecified atom stereocenters. The maximum absolute atomic E-state index is 12.9. The quantitative estimate of drug-likeness (QED) is 0.590. The van der Waals surface area contributed by atoms with Crippen molar-refractivity contribution in [3.63, 3.8) is 0 Å². The number of rotatable bonds is 9. The number of hydrogen-bond donors (Lipinski definition) is 1. The summed E-state index contributed by atoms with van der Waals surface area (Å²) in [6, 6.07) is 5.84. The standard InChI is InChI=1S/C25H33N5O3/c1-28(2)11-4-5-24(31)29-12-9-21(17-29)30(16-18-6-7-18)22-13-20(15-27-25(22)32)19-8-10-26-23(14-19)33-3/h4-5,8,10,13-15,18,21H,6-7,9,11-12,16-17H2,1-3H3,(H,27,32)/b5-4+/t21-/m1/s1. The van der Waals surface area contributed by atoms with E-state index in [0.717, 1.165) is 30.6 Å². The Morgan fingerprint density at radius 3 is 2.82 bits per heavy atom. The second kappa shape index (κ2) is 10.2. The number of nitrogens with one attached hydrogen (secondary N) is 1. The lowest BCUT2D eigenvalue weighted by molar-refractivity contribution is -0.125. The lowest BCUT2D eigenvalue weighted by Gasteiger charge is -2.31. The number of likely N-dealkylation sites (N-methyl/N-ethyl adjacent to an activating group) is 1. The highest BCUT2D eigenvalue weighted by atomic mass is 16.5. The summed E-state index contributed by atoms with van der Waals surface area (Å²) in [5.74, 6) is 1.18. The lowest BCUT2D eigenvalue weighted by Crippen LogP contribution is -2.42. The Kier molecular flexibility index (Phi) is 7.13. The minimum Gasteiger partial charge on any atom is -0.481 e. The van der Waals surface area contributed by atoms with Crippen molar-refractivity contribution < 1.29 is 9.53 Å². The number of H-pyrrole nitrogens is 1. The summed E-state index contributed by atoms with van der Waals surface area (Å²) in [5.41, 5.74) is 2.40. The van der Waals surface area contributed by atoms with E-state index in [1.807, 2.05) is 48.2 Å². The number of amides is 1. The van der Waals surface area contributed by atoms with Gasteiger partial charge >= 0.3 is 0 Å². The fourth-order valence-corrected chi connectivity index (χ4v) is 4.24. The van der Waals surface area contributed by atoms with Crippen molar-refractivity contribution in [2.45, 2.75) is 25.3 Å². The first kappa shape index (κ1) is 23.0. The third-order valence-electron chi connectivity index (χ3n) is 6.27. The molecule has 8 nitrogen and oxygen atoms in total. The van der Waals surface area contributed by atoms with Crippen molar-refractivity contribution in [2.24, 2.45) is 5.92 Å². The molecule has 0 bridgehead atoms. The van der Waals surface area contributed by atoms with E-state index in [4.69, 9.17) is 4.74 Å². The molecule has 3 heterocycles. The van der Waals surface area contributed by atoms with Crippen molar-refractivity contribution in [3.05, 3.63) is 53.1 Å². The summed E-state index contributed by atoms with van der Waals surface area (Å²) in [6.45, 7) is 2.91. The van der Waals surface area contributed by atoms with Gasteiger partial charge in [0.25, 0.3) is 5.56 Å². The molecule has 1 atom stereocenters. The molecule has 4 rings (SSSR count). The zero-order valence-electron chi connectivity index (χ0n) is 19.7. The molecular weight excluding hydrogens is 418 g/mol. The van der Waals surface area contributed by atoms with Crippen molar-refractivity contribution in [3.8, 4) is 17.0 Å². The van der Waals surface area contributed by atoms with Crippen LogP contribution in [0.1, 0.15) is 19.3 Å². The molecule has 1 amide bonds. The molecule has 1 aliphatic carbocycles. The average molecular weight is 452 g/mol. The molecule has 1 aliphatic heterocycles. The number of anilines is 1. The number of methoxy groups -OCH3 is 1. The van der Waals surface area contributed by atoms with Crippen LogP contribution in [0, 0.1) is 5.92 Å². The zero-order chi connectivity index (χ0) is 23.4. The molecule has 1 N–H and O–H groups in total. The second-order valence-corrected chi connectivity index (χ2v) is 9.18. The molecule has 176 valence electrons. The van der Waals surface area contributed by atoms with Crippen LogP contribution in [0.25, 0.3) is 11.1 Å². The molecule has 33 heavy (non-hydrogen) atoms. The van der Waals surface area contributed by atoms with Crippen LogP contribution in [0.15, 0.2) is 47.5 Å². The smallest absolute Gasteiger partial charge is 0.271 e. The molecule has 0 spiro atoms. The number of carbonyl (C=O) groups excluding carboxylic acids is 1. The molecule has 8 heteroatoms. The van der Waals surface area contributed by atoms with Gasteiger partial charge in [-0.25, -0.2) is 4.98 Å². The van der Waals surface area contributed by atoms with Gasteiger partial charge in [0, 0.05) is 62.3 Å². The maximum Gasteiger partial charge on any atom is 0.271 e. The van der Waals surface area contributed by atoms with Gasteiger partial charge in [-0.15, -0.1) is 0 Å². The minimum atomic E-state index is -0.101. The summed E-state index contributed by atoms with van der Waals surface area (Å²) >= 11 is 0. The number of hydrogen-bond acceptors (Lipinski definition) is 6. The fourth-order valence-electron chi connectivity index (χ4n) is 4.24. The Labute approximate surface area is 194 Å². The van der Waals surface area contributed by atoms with E-state index in [-0.39, 0.29) is 17.5 Å². The minimum absolute atomic E-state index is 0.0391. The highest BCUT2D eigenvalue weighted by molar-refractivity contribution is 5.88. The van der Waals surface area contributed by atoms with Crippen LogP contribution in [-0.2, 0) is 4.79 Å². The first-order valence-electron chi connectivity index (χ1n) is 11.5. The number of aromatic nitrogens is 2. The van der Waals surface area contributed by atoms with Gasteiger partial charge in [-0.05, 0) is 57.0 Å². The van der Waals surface area contributed by atoms with Crippen LogP contribution >= 0.6 is 0 Å². The van der Waals surface area contributed by atoms with E-state index in [9.17, 15) is 9.59 Å². The summed E-state index contributed by atoms with van der Waals surface area (Å²) in [6.07, 6.45) is 10.2. The average Bonchev–Trinajstić information content (AvgIpc) is 3.50. The van der Waals surface area contributed by atoms with Gasteiger partial charge < -0.3 is 24.4 Å². The third kappa shape index (κ3) is 5.82. The number of ether oxygens (including phenoxy) is 1. The molecule has 2 aromatic rings. The summed E-state index contributed by atoms with van der Waals surface area (Å²) < 4.78 is 5.26. The van der Waals surface area contributed by atoms with Crippen LogP contribution in [0.2, 0.25) is 0 Å². The first-order chi connectivity index (χ1) is 15.9.